The highest BCUT2D eigenvalue weighted by Crippen LogP contribution is 2.20. The number of hydrazone groups is 1. The van der Waals surface area contributed by atoms with Crippen LogP contribution in [0.2, 0.25) is 0 Å². The Labute approximate surface area is 109 Å². The third kappa shape index (κ3) is 3.49. The summed E-state index contributed by atoms with van der Waals surface area (Å²) < 4.78 is 4.55. The van der Waals surface area contributed by atoms with Crippen LogP contribution in [0.1, 0.15) is 15.9 Å². The van der Waals surface area contributed by atoms with Crippen LogP contribution in [-0.2, 0) is 4.74 Å². The van der Waals surface area contributed by atoms with Crippen molar-refractivity contribution < 1.29 is 19.7 Å². The lowest BCUT2D eigenvalue weighted by atomic mass is 10.1. The van der Waals surface area contributed by atoms with Gasteiger partial charge in [-0.3, -0.25) is 0 Å². The molecule has 18 heavy (non-hydrogen) atoms. The van der Waals surface area contributed by atoms with Gasteiger partial charge < -0.3 is 15.6 Å². The molecule has 96 valence electrons. The van der Waals surface area contributed by atoms with E-state index in [1.807, 2.05) is 0 Å². The summed E-state index contributed by atoms with van der Waals surface area (Å²) in [7, 11) is 1.25. The van der Waals surface area contributed by atoms with Gasteiger partial charge in [0, 0.05) is 5.10 Å². The fraction of sp³-hybridized carbons (Fsp3) is 0.182. The molecule has 0 amide bonds. The summed E-state index contributed by atoms with van der Waals surface area (Å²) in [5.74, 6) is -0.773. The van der Waals surface area contributed by atoms with Crippen molar-refractivity contribution in [1.29, 1.82) is 0 Å². The summed E-state index contributed by atoms with van der Waals surface area (Å²) in [6.45, 7) is 0. The third-order valence-electron chi connectivity index (χ3n) is 2.08. The minimum absolute atomic E-state index is 0.0925. The van der Waals surface area contributed by atoms with E-state index in [-0.39, 0.29) is 11.3 Å². The number of benzene rings is 1. The van der Waals surface area contributed by atoms with Crippen LogP contribution in [0.5, 0.6) is 5.75 Å². The molecule has 0 radical (unpaired) electrons. The number of hydrogen-bond donors (Lipinski definition) is 3. The molecule has 0 aliphatic heterocycles. The number of rotatable bonds is 3. The van der Waals surface area contributed by atoms with Gasteiger partial charge in [-0.2, -0.15) is 0 Å². The van der Waals surface area contributed by atoms with Crippen LogP contribution in [0.25, 0.3) is 0 Å². The molecule has 0 bridgehead atoms. The smallest absolute Gasteiger partial charge is 0.341 e. The molecule has 0 fully saturated rings. The SMILES string of the molecule is COC(=O)c1cccc(C=[NH+]N=C(N)SC)c1O. The number of methoxy groups -OCH3 is 1. The summed E-state index contributed by atoms with van der Waals surface area (Å²) in [6, 6.07) is 4.72. The second-order valence-electron chi connectivity index (χ2n) is 3.16. The molecule has 0 spiro atoms. The zero-order chi connectivity index (χ0) is 13.5. The molecule has 0 aliphatic carbocycles. The van der Waals surface area contributed by atoms with Crippen molar-refractivity contribution in [1.82, 2.24) is 0 Å². The molecule has 1 rings (SSSR count). The molecular formula is C11H14N3O3S+. The lowest BCUT2D eigenvalue weighted by molar-refractivity contribution is -0.456. The highest BCUT2D eigenvalue weighted by Gasteiger charge is 2.14. The van der Waals surface area contributed by atoms with E-state index < -0.39 is 5.97 Å². The van der Waals surface area contributed by atoms with Gasteiger partial charge in [-0.15, -0.1) is 5.10 Å². The summed E-state index contributed by atoms with van der Waals surface area (Å²) in [5, 5.41) is 16.6. The molecule has 7 heteroatoms. The van der Waals surface area contributed by atoms with E-state index in [0.29, 0.717) is 10.7 Å². The Bertz CT molecular complexity index is 500. The molecule has 0 heterocycles. The number of nitrogens with zero attached hydrogens (tertiary/aromatic N) is 1. The maximum absolute atomic E-state index is 11.3. The van der Waals surface area contributed by atoms with E-state index in [0.717, 1.165) is 0 Å². The molecule has 4 N–H and O–H groups in total. The fourth-order valence-corrected chi connectivity index (χ4v) is 1.31. The molecule has 0 saturated carbocycles. The number of amidine groups is 1. The molecule has 6 nitrogen and oxygen atoms in total. The lowest BCUT2D eigenvalue weighted by Crippen LogP contribution is -2.62. The van der Waals surface area contributed by atoms with Crippen molar-refractivity contribution in [2.75, 3.05) is 13.4 Å². The Kier molecular flexibility index (Phi) is 5.19. The number of thioether (sulfide) groups is 1. The largest absolute Gasteiger partial charge is 0.506 e. The van der Waals surface area contributed by atoms with Crippen molar-refractivity contribution in [2.45, 2.75) is 0 Å². The number of carbonyl (C=O) groups is 1. The van der Waals surface area contributed by atoms with Crippen LogP contribution in [0, 0.1) is 0 Å². The molecule has 0 atom stereocenters. The van der Waals surface area contributed by atoms with Gasteiger partial charge in [-0.25, -0.2) is 4.79 Å². The van der Waals surface area contributed by atoms with Crippen LogP contribution >= 0.6 is 11.8 Å². The van der Waals surface area contributed by atoms with Crippen LogP contribution in [0.3, 0.4) is 0 Å². The van der Waals surface area contributed by atoms with Gasteiger partial charge >= 0.3 is 5.97 Å². The number of phenols is 1. The Balaban J connectivity index is 3.01. The number of hydrogen-bond acceptors (Lipinski definition) is 5. The maximum atomic E-state index is 11.3. The van der Waals surface area contributed by atoms with Crippen molar-refractivity contribution >= 4 is 29.1 Å². The van der Waals surface area contributed by atoms with Gasteiger partial charge in [0.15, 0.2) is 0 Å². The van der Waals surface area contributed by atoms with Crippen LogP contribution in [0.15, 0.2) is 23.3 Å². The van der Waals surface area contributed by atoms with Crippen molar-refractivity contribution in [3.63, 3.8) is 0 Å². The van der Waals surface area contributed by atoms with Crippen LogP contribution in [-0.4, -0.2) is 35.8 Å². The van der Waals surface area contributed by atoms with E-state index in [9.17, 15) is 9.90 Å². The van der Waals surface area contributed by atoms with E-state index >= 15 is 0 Å². The van der Waals surface area contributed by atoms with Gasteiger partial charge in [0.2, 0.25) is 11.4 Å². The van der Waals surface area contributed by atoms with Crippen molar-refractivity contribution in [3.05, 3.63) is 29.3 Å². The predicted molar refractivity (Wildman–Crippen MR) is 70.7 cm³/mol. The minimum atomic E-state index is -0.602. The first kappa shape index (κ1) is 14.0. The Morgan fingerprint density at radius 2 is 2.33 bits per heavy atom. The fourth-order valence-electron chi connectivity index (χ4n) is 1.16. The lowest BCUT2D eigenvalue weighted by Gasteiger charge is -2.02. The zero-order valence-corrected chi connectivity index (χ0v) is 10.8. The molecule has 1 aromatic rings. The van der Waals surface area contributed by atoms with Gasteiger partial charge in [-0.1, -0.05) is 17.8 Å². The molecule has 0 aliphatic rings. The van der Waals surface area contributed by atoms with E-state index in [1.54, 1.807) is 18.4 Å². The van der Waals surface area contributed by atoms with E-state index in [4.69, 9.17) is 5.73 Å². The number of aromatic hydroxyl groups is 1. The van der Waals surface area contributed by atoms with E-state index in [2.05, 4.69) is 14.9 Å². The molecule has 0 unspecified atom stereocenters. The van der Waals surface area contributed by atoms with Crippen LogP contribution in [0.4, 0.5) is 0 Å². The maximum Gasteiger partial charge on any atom is 0.341 e. The summed E-state index contributed by atoms with van der Waals surface area (Å²) >= 11 is 1.28. The molecule has 1 aromatic carbocycles. The average Bonchev–Trinajstić information content (AvgIpc) is 2.39. The highest BCUT2D eigenvalue weighted by atomic mass is 32.2. The molecule has 0 aromatic heterocycles. The number of esters is 1. The average molecular weight is 268 g/mol. The normalized spacial score (nSPS) is 11.8. The van der Waals surface area contributed by atoms with Gasteiger partial charge in [0.1, 0.15) is 11.3 Å². The zero-order valence-electron chi connectivity index (χ0n) is 10.0. The van der Waals surface area contributed by atoms with Gasteiger partial charge in [0.05, 0.1) is 12.7 Å². The van der Waals surface area contributed by atoms with Crippen molar-refractivity contribution in [3.8, 4) is 5.75 Å². The molecular weight excluding hydrogens is 254 g/mol. The van der Waals surface area contributed by atoms with Gasteiger partial charge in [0.25, 0.3) is 0 Å². The molecule has 0 saturated heterocycles. The predicted octanol–water partition coefficient (Wildman–Crippen LogP) is -0.729. The number of phenolic OH excluding ortho intramolecular Hbond substituents is 1. The van der Waals surface area contributed by atoms with Crippen molar-refractivity contribution in [2.24, 2.45) is 10.8 Å². The third-order valence-corrected chi connectivity index (χ3v) is 2.59. The second-order valence-corrected chi connectivity index (χ2v) is 3.99. The monoisotopic (exact) mass is 268 g/mol. The van der Waals surface area contributed by atoms with E-state index in [1.165, 1.54) is 31.2 Å². The number of nitrogens with one attached hydrogen (secondary N) is 1. The first-order chi connectivity index (χ1) is 8.60. The Morgan fingerprint density at radius 3 is 2.94 bits per heavy atom. The second kappa shape index (κ2) is 6.65. The Morgan fingerprint density at radius 1 is 1.61 bits per heavy atom. The highest BCUT2D eigenvalue weighted by molar-refractivity contribution is 8.13. The van der Waals surface area contributed by atoms with Gasteiger partial charge in [-0.05, 0) is 18.4 Å². The summed E-state index contributed by atoms with van der Waals surface area (Å²) in [4.78, 5) is 11.3. The number of para-hydroxylation sites is 1. The number of carbonyl (C=O) groups excluding carboxylic acids is 1. The topological polar surface area (TPSA) is 98.9 Å². The minimum Gasteiger partial charge on any atom is -0.506 e. The first-order valence-corrected chi connectivity index (χ1v) is 6.18. The van der Waals surface area contributed by atoms with Crippen LogP contribution < -0.4 is 10.8 Å². The quantitative estimate of drug-likeness (QED) is 0.290. The summed E-state index contributed by atoms with van der Waals surface area (Å²) in [6.07, 6.45) is 3.22. The Hall–Kier alpha value is -2.02. The first-order valence-electron chi connectivity index (χ1n) is 4.96. The summed E-state index contributed by atoms with van der Waals surface area (Å²) in [5.41, 5.74) is 5.97. The standard InChI is InChI=1S/C11H13N3O3S/c1-17-10(16)8-5-3-4-7(9(8)15)6-13-14-11(12)18-2/h3-6,15H,1-2H3,(H2,12,14)/p+1. The number of ether oxygens (including phenoxy) is 1. The number of nitrogens with two attached hydrogens (primary N) is 1.